The van der Waals surface area contributed by atoms with Gasteiger partial charge in [0.05, 0.1) is 0 Å². The summed E-state index contributed by atoms with van der Waals surface area (Å²) in [7, 11) is 0. The number of carbonyl (C=O) groups is 1. The number of aromatic amines is 1. The molecule has 0 fully saturated rings. The van der Waals surface area contributed by atoms with Crippen molar-refractivity contribution < 1.29 is 4.79 Å². The first-order valence-electron chi connectivity index (χ1n) is 4.97. The van der Waals surface area contributed by atoms with E-state index in [0.29, 0.717) is 5.69 Å². The molecular weight excluding hydrogens is 348 g/mol. The highest BCUT2D eigenvalue weighted by molar-refractivity contribution is 9.10. The molecule has 0 aliphatic heterocycles. The van der Waals surface area contributed by atoms with Crippen molar-refractivity contribution in [3.05, 3.63) is 50.7 Å². The lowest BCUT2D eigenvalue weighted by molar-refractivity contribution is 0.102. The van der Waals surface area contributed by atoms with Gasteiger partial charge in [0.1, 0.15) is 5.69 Å². The van der Waals surface area contributed by atoms with Crippen molar-refractivity contribution in [3.63, 3.8) is 0 Å². The van der Waals surface area contributed by atoms with Crippen molar-refractivity contribution >= 4 is 43.5 Å². The third-order valence-corrected chi connectivity index (χ3v) is 3.29. The predicted octanol–water partition coefficient (Wildman–Crippen LogP) is 4.10. The van der Waals surface area contributed by atoms with Crippen molar-refractivity contribution in [2.24, 2.45) is 0 Å². The van der Waals surface area contributed by atoms with Crippen LogP contribution in [0.1, 0.15) is 16.1 Å². The van der Waals surface area contributed by atoms with E-state index in [1.54, 1.807) is 12.3 Å². The summed E-state index contributed by atoms with van der Waals surface area (Å²) in [6, 6.07) is 7.51. The molecule has 0 unspecified atom stereocenters. The largest absolute Gasteiger partial charge is 0.356 e. The lowest BCUT2D eigenvalue weighted by Crippen LogP contribution is -2.13. The zero-order chi connectivity index (χ0) is 12.4. The summed E-state index contributed by atoms with van der Waals surface area (Å²) in [5.41, 5.74) is 2.35. The molecule has 0 aliphatic carbocycles. The molecule has 1 amide bonds. The number of halogens is 2. The molecule has 1 heterocycles. The van der Waals surface area contributed by atoms with Crippen LogP contribution in [-0.4, -0.2) is 10.9 Å². The maximum Gasteiger partial charge on any atom is 0.272 e. The number of aryl methyl sites for hydroxylation is 1. The summed E-state index contributed by atoms with van der Waals surface area (Å²) in [5.74, 6) is -0.156. The number of amides is 1. The Morgan fingerprint density at radius 1 is 1.24 bits per heavy atom. The second kappa shape index (κ2) is 5.06. The van der Waals surface area contributed by atoms with Crippen LogP contribution in [0.4, 0.5) is 5.69 Å². The predicted molar refractivity (Wildman–Crippen MR) is 75.3 cm³/mol. The number of hydrogen-bond donors (Lipinski definition) is 2. The van der Waals surface area contributed by atoms with Gasteiger partial charge >= 0.3 is 0 Å². The minimum absolute atomic E-state index is 0.156. The normalized spacial score (nSPS) is 10.3. The van der Waals surface area contributed by atoms with Crippen molar-refractivity contribution in [1.82, 2.24) is 4.98 Å². The van der Waals surface area contributed by atoms with Crippen LogP contribution in [0.3, 0.4) is 0 Å². The van der Waals surface area contributed by atoms with Crippen LogP contribution in [-0.2, 0) is 0 Å². The molecule has 0 bridgehead atoms. The van der Waals surface area contributed by atoms with Crippen LogP contribution >= 0.6 is 31.9 Å². The van der Waals surface area contributed by atoms with Crippen molar-refractivity contribution in [2.45, 2.75) is 6.92 Å². The summed E-state index contributed by atoms with van der Waals surface area (Å²) >= 11 is 6.67. The molecule has 0 saturated heterocycles. The topological polar surface area (TPSA) is 44.9 Å². The Labute approximate surface area is 116 Å². The van der Waals surface area contributed by atoms with Crippen LogP contribution in [0.15, 0.2) is 39.4 Å². The van der Waals surface area contributed by atoms with E-state index in [1.807, 2.05) is 25.1 Å². The fourth-order valence-electron chi connectivity index (χ4n) is 1.42. The molecule has 0 spiro atoms. The summed E-state index contributed by atoms with van der Waals surface area (Å²) in [6.45, 7) is 1.95. The quantitative estimate of drug-likeness (QED) is 0.834. The Morgan fingerprint density at radius 3 is 2.65 bits per heavy atom. The second-order valence-electron chi connectivity index (χ2n) is 3.64. The SMILES string of the molecule is Cc1ccc(Br)cc1NC(=O)c1cc(Br)c[nH]1. The number of anilines is 1. The van der Waals surface area contributed by atoms with Crippen LogP contribution in [0, 0.1) is 6.92 Å². The molecular formula is C12H10Br2N2O. The Balaban J connectivity index is 2.21. The summed E-state index contributed by atoms with van der Waals surface area (Å²) in [6.07, 6.45) is 1.72. The molecule has 2 aromatic rings. The van der Waals surface area contributed by atoms with Crippen molar-refractivity contribution in [1.29, 1.82) is 0 Å². The number of hydrogen-bond acceptors (Lipinski definition) is 1. The van der Waals surface area contributed by atoms with E-state index in [4.69, 9.17) is 0 Å². The summed E-state index contributed by atoms with van der Waals surface area (Å²) in [4.78, 5) is 14.8. The smallest absolute Gasteiger partial charge is 0.272 e. The molecule has 1 aromatic carbocycles. The van der Waals surface area contributed by atoms with Gasteiger partial charge in [-0.15, -0.1) is 0 Å². The average Bonchev–Trinajstić information content (AvgIpc) is 2.70. The first kappa shape index (κ1) is 12.4. The van der Waals surface area contributed by atoms with Gasteiger partial charge in [-0.25, -0.2) is 0 Å². The molecule has 3 nitrogen and oxygen atoms in total. The van der Waals surface area contributed by atoms with Gasteiger partial charge < -0.3 is 10.3 Å². The lowest BCUT2D eigenvalue weighted by Gasteiger charge is -2.07. The maximum atomic E-state index is 11.9. The highest BCUT2D eigenvalue weighted by Crippen LogP contribution is 2.21. The number of benzene rings is 1. The molecule has 17 heavy (non-hydrogen) atoms. The van der Waals surface area contributed by atoms with Gasteiger partial charge in [0.15, 0.2) is 0 Å². The average molecular weight is 358 g/mol. The highest BCUT2D eigenvalue weighted by Gasteiger charge is 2.09. The van der Waals surface area contributed by atoms with Gasteiger partial charge in [0.25, 0.3) is 5.91 Å². The minimum Gasteiger partial charge on any atom is -0.356 e. The van der Waals surface area contributed by atoms with Crippen LogP contribution in [0.5, 0.6) is 0 Å². The molecule has 5 heteroatoms. The number of H-pyrrole nitrogens is 1. The van der Waals surface area contributed by atoms with E-state index < -0.39 is 0 Å². The fourth-order valence-corrected chi connectivity index (χ4v) is 2.12. The summed E-state index contributed by atoms with van der Waals surface area (Å²) < 4.78 is 1.79. The lowest BCUT2D eigenvalue weighted by atomic mass is 10.2. The molecule has 0 aliphatic rings. The van der Waals surface area contributed by atoms with Gasteiger partial charge in [-0.2, -0.15) is 0 Å². The van der Waals surface area contributed by atoms with Crippen molar-refractivity contribution in [3.8, 4) is 0 Å². The zero-order valence-electron chi connectivity index (χ0n) is 9.05. The van der Waals surface area contributed by atoms with E-state index >= 15 is 0 Å². The molecule has 2 N–H and O–H groups in total. The zero-order valence-corrected chi connectivity index (χ0v) is 12.2. The highest BCUT2D eigenvalue weighted by atomic mass is 79.9. The van der Waals surface area contributed by atoms with Crippen LogP contribution in [0.2, 0.25) is 0 Å². The maximum absolute atomic E-state index is 11.9. The Hall–Kier alpha value is -1.07. The number of carbonyl (C=O) groups excluding carboxylic acids is 1. The monoisotopic (exact) mass is 356 g/mol. The Morgan fingerprint density at radius 2 is 2.00 bits per heavy atom. The first-order valence-corrected chi connectivity index (χ1v) is 6.56. The van der Waals surface area contributed by atoms with Crippen molar-refractivity contribution in [2.75, 3.05) is 5.32 Å². The van der Waals surface area contributed by atoms with E-state index in [9.17, 15) is 4.79 Å². The number of nitrogens with one attached hydrogen (secondary N) is 2. The standard InChI is InChI=1S/C12H10Br2N2O/c1-7-2-3-8(13)4-10(7)16-12(17)11-5-9(14)6-15-11/h2-6,15H,1H3,(H,16,17). The Kier molecular flexibility index (Phi) is 3.69. The van der Waals surface area contributed by atoms with E-state index in [-0.39, 0.29) is 5.91 Å². The summed E-state index contributed by atoms with van der Waals surface area (Å²) in [5, 5.41) is 2.86. The van der Waals surface area contributed by atoms with Crippen LogP contribution < -0.4 is 5.32 Å². The molecule has 88 valence electrons. The second-order valence-corrected chi connectivity index (χ2v) is 5.48. The first-order chi connectivity index (χ1) is 8.06. The molecule has 2 rings (SSSR count). The third kappa shape index (κ3) is 2.98. The Bertz CT molecular complexity index is 563. The number of rotatable bonds is 2. The molecule has 0 atom stereocenters. The van der Waals surface area contributed by atoms with Gasteiger partial charge in [0, 0.05) is 20.8 Å². The van der Waals surface area contributed by atoms with E-state index in [0.717, 1.165) is 20.2 Å². The van der Waals surface area contributed by atoms with Crippen LogP contribution in [0.25, 0.3) is 0 Å². The van der Waals surface area contributed by atoms with Gasteiger partial charge in [-0.3, -0.25) is 4.79 Å². The van der Waals surface area contributed by atoms with Gasteiger partial charge in [-0.1, -0.05) is 22.0 Å². The van der Waals surface area contributed by atoms with Gasteiger partial charge in [0.2, 0.25) is 0 Å². The molecule has 0 saturated carbocycles. The number of aromatic nitrogens is 1. The van der Waals surface area contributed by atoms with E-state index in [2.05, 4.69) is 42.2 Å². The molecule has 0 radical (unpaired) electrons. The fraction of sp³-hybridized carbons (Fsp3) is 0.0833. The van der Waals surface area contributed by atoms with E-state index in [1.165, 1.54) is 0 Å². The minimum atomic E-state index is -0.156. The third-order valence-electron chi connectivity index (χ3n) is 2.34. The van der Waals surface area contributed by atoms with Gasteiger partial charge in [-0.05, 0) is 46.6 Å². The molecule has 1 aromatic heterocycles.